The van der Waals surface area contributed by atoms with Crippen LogP contribution in [0.2, 0.25) is 0 Å². The smallest absolute Gasteiger partial charge is 0.207 e. The lowest BCUT2D eigenvalue weighted by atomic mass is 10.3. The van der Waals surface area contributed by atoms with Crippen molar-refractivity contribution in [2.75, 3.05) is 18.4 Å². The summed E-state index contributed by atoms with van der Waals surface area (Å²) in [4.78, 5) is -0.288. The third-order valence-electron chi connectivity index (χ3n) is 2.20. The number of rotatable bonds is 5. The number of alkyl halides is 1. The van der Waals surface area contributed by atoms with E-state index in [2.05, 4.69) is 31.9 Å². The molecule has 0 spiro atoms. The highest BCUT2D eigenvalue weighted by Gasteiger charge is 2.25. The molecule has 0 amide bonds. The lowest BCUT2D eigenvalue weighted by Gasteiger charge is -2.19. The van der Waals surface area contributed by atoms with E-state index < -0.39 is 15.8 Å². The zero-order valence-corrected chi connectivity index (χ0v) is 13.1. The van der Waals surface area contributed by atoms with Crippen molar-refractivity contribution in [3.8, 4) is 0 Å². The summed E-state index contributed by atoms with van der Waals surface area (Å²) in [5.74, 6) is -0.743. The van der Waals surface area contributed by atoms with Gasteiger partial charge in [0.25, 0.3) is 0 Å². The first-order valence-corrected chi connectivity index (χ1v) is 8.30. The predicted molar refractivity (Wildman–Crippen MR) is 72.3 cm³/mol. The highest BCUT2D eigenvalue weighted by Crippen LogP contribution is 2.22. The second-order valence-corrected chi connectivity index (χ2v) is 6.88. The minimum Gasteiger partial charge on any atom is -0.207 e. The van der Waals surface area contributed by atoms with E-state index >= 15 is 0 Å². The van der Waals surface area contributed by atoms with Crippen molar-refractivity contribution in [1.82, 2.24) is 4.31 Å². The lowest BCUT2D eigenvalue weighted by molar-refractivity contribution is 0.443. The van der Waals surface area contributed by atoms with Gasteiger partial charge in [-0.15, -0.1) is 0 Å². The summed E-state index contributed by atoms with van der Waals surface area (Å²) in [7, 11) is -3.75. The third kappa shape index (κ3) is 3.49. The molecule has 0 aliphatic rings. The lowest BCUT2D eigenvalue weighted by Crippen LogP contribution is -2.33. The van der Waals surface area contributed by atoms with E-state index in [9.17, 15) is 12.8 Å². The molecule has 0 aliphatic heterocycles. The summed E-state index contributed by atoms with van der Waals surface area (Å²) in [6, 6.07) is 3.93. The van der Waals surface area contributed by atoms with E-state index in [1.165, 1.54) is 16.4 Å². The van der Waals surface area contributed by atoms with Crippen LogP contribution in [0.4, 0.5) is 4.39 Å². The van der Waals surface area contributed by atoms with Crippen LogP contribution in [0.3, 0.4) is 0 Å². The molecule has 17 heavy (non-hydrogen) atoms. The molecule has 0 saturated heterocycles. The molecule has 7 heteroatoms. The Balaban J connectivity index is 3.20. The standard InChI is InChI=1S/C10H12Br2FNO2S/c1-2-14(6-5-11)17(15,16)10-4-3-8(12)7-9(10)13/h3-4,7H,2,5-6H2,1H3. The highest BCUT2D eigenvalue weighted by molar-refractivity contribution is 9.10. The monoisotopic (exact) mass is 387 g/mol. The van der Waals surface area contributed by atoms with Crippen LogP contribution in [-0.2, 0) is 10.0 Å². The molecule has 0 aromatic heterocycles. The Morgan fingerprint density at radius 2 is 2.06 bits per heavy atom. The molecule has 96 valence electrons. The molecular weight excluding hydrogens is 377 g/mol. The maximum atomic E-state index is 13.6. The zero-order chi connectivity index (χ0) is 13.1. The van der Waals surface area contributed by atoms with Crippen LogP contribution in [0, 0.1) is 5.82 Å². The molecule has 0 radical (unpaired) electrons. The first kappa shape index (κ1) is 15.1. The number of sulfonamides is 1. The summed E-state index contributed by atoms with van der Waals surface area (Å²) in [5, 5.41) is 0.512. The van der Waals surface area contributed by atoms with E-state index in [0.29, 0.717) is 22.9 Å². The van der Waals surface area contributed by atoms with Gasteiger partial charge in [-0.1, -0.05) is 38.8 Å². The summed E-state index contributed by atoms with van der Waals surface area (Å²) in [5.41, 5.74) is 0. The van der Waals surface area contributed by atoms with Crippen LogP contribution in [0.5, 0.6) is 0 Å². The van der Waals surface area contributed by atoms with Gasteiger partial charge in [-0.05, 0) is 18.2 Å². The Morgan fingerprint density at radius 3 is 2.53 bits per heavy atom. The highest BCUT2D eigenvalue weighted by atomic mass is 79.9. The predicted octanol–water partition coefficient (Wildman–Crippen LogP) is 2.99. The Kier molecular flexibility index (Phi) is 5.56. The van der Waals surface area contributed by atoms with Crippen molar-refractivity contribution < 1.29 is 12.8 Å². The zero-order valence-electron chi connectivity index (χ0n) is 9.16. The molecule has 1 aromatic carbocycles. The maximum absolute atomic E-state index is 13.6. The summed E-state index contributed by atoms with van der Waals surface area (Å²) >= 11 is 6.27. The molecular formula is C10H12Br2FNO2S. The van der Waals surface area contributed by atoms with Gasteiger partial charge in [-0.3, -0.25) is 0 Å². The average molecular weight is 389 g/mol. The second-order valence-electron chi connectivity index (χ2n) is 3.26. The number of benzene rings is 1. The van der Waals surface area contributed by atoms with Gasteiger partial charge in [0.2, 0.25) is 10.0 Å². The van der Waals surface area contributed by atoms with Crippen LogP contribution < -0.4 is 0 Å². The van der Waals surface area contributed by atoms with Gasteiger partial charge in [0.15, 0.2) is 0 Å². The minimum absolute atomic E-state index is 0.288. The first-order valence-electron chi connectivity index (χ1n) is 4.94. The Hall–Kier alpha value is 0.0200. The van der Waals surface area contributed by atoms with Gasteiger partial charge in [0.05, 0.1) is 0 Å². The van der Waals surface area contributed by atoms with Crippen molar-refractivity contribution in [3.05, 3.63) is 28.5 Å². The molecule has 0 heterocycles. The van der Waals surface area contributed by atoms with Gasteiger partial charge >= 0.3 is 0 Å². The first-order chi connectivity index (χ1) is 7.93. The Bertz CT molecular complexity index is 493. The van der Waals surface area contributed by atoms with Crippen molar-refractivity contribution in [3.63, 3.8) is 0 Å². The molecule has 1 rings (SSSR count). The largest absolute Gasteiger partial charge is 0.246 e. The quantitative estimate of drug-likeness (QED) is 0.727. The third-order valence-corrected chi connectivity index (χ3v) is 5.05. The SMILES string of the molecule is CCN(CCBr)S(=O)(=O)c1ccc(Br)cc1F. The van der Waals surface area contributed by atoms with Crippen molar-refractivity contribution in [2.45, 2.75) is 11.8 Å². The van der Waals surface area contributed by atoms with Crippen LogP contribution in [0.25, 0.3) is 0 Å². The maximum Gasteiger partial charge on any atom is 0.246 e. The number of halogens is 3. The summed E-state index contributed by atoms with van der Waals surface area (Å²) < 4.78 is 39.6. The number of nitrogens with zero attached hydrogens (tertiary/aromatic N) is 1. The van der Waals surface area contributed by atoms with Crippen LogP contribution in [0.15, 0.2) is 27.6 Å². The van der Waals surface area contributed by atoms with Crippen LogP contribution in [0.1, 0.15) is 6.92 Å². The van der Waals surface area contributed by atoms with Gasteiger partial charge in [0.1, 0.15) is 10.7 Å². The number of hydrogen-bond donors (Lipinski definition) is 0. The Morgan fingerprint density at radius 1 is 1.41 bits per heavy atom. The van der Waals surface area contributed by atoms with Crippen molar-refractivity contribution in [2.24, 2.45) is 0 Å². The molecule has 0 N–H and O–H groups in total. The van der Waals surface area contributed by atoms with Crippen molar-refractivity contribution in [1.29, 1.82) is 0 Å². The summed E-state index contributed by atoms with van der Waals surface area (Å²) in [6.07, 6.45) is 0. The van der Waals surface area contributed by atoms with Crippen LogP contribution >= 0.6 is 31.9 Å². The molecule has 0 atom stereocenters. The average Bonchev–Trinajstić information content (AvgIpc) is 2.24. The fourth-order valence-electron chi connectivity index (χ4n) is 1.37. The van der Waals surface area contributed by atoms with E-state index in [1.54, 1.807) is 6.92 Å². The van der Waals surface area contributed by atoms with E-state index in [0.717, 1.165) is 6.07 Å². The summed E-state index contributed by atoms with van der Waals surface area (Å²) in [6.45, 7) is 2.34. The molecule has 0 bridgehead atoms. The topological polar surface area (TPSA) is 37.4 Å². The van der Waals surface area contributed by atoms with E-state index in [1.807, 2.05) is 0 Å². The fourth-order valence-corrected chi connectivity index (χ4v) is 3.86. The normalized spacial score (nSPS) is 12.1. The fraction of sp³-hybridized carbons (Fsp3) is 0.400. The molecule has 1 aromatic rings. The van der Waals surface area contributed by atoms with Gasteiger partial charge < -0.3 is 0 Å². The molecule has 0 unspecified atom stereocenters. The van der Waals surface area contributed by atoms with Crippen molar-refractivity contribution >= 4 is 41.9 Å². The molecule has 0 saturated carbocycles. The molecule has 3 nitrogen and oxygen atoms in total. The van der Waals surface area contributed by atoms with Gasteiger partial charge in [-0.2, -0.15) is 4.31 Å². The van der Waals surface area contributed by atoms with Crippen LogP contribution in [-0.4, -0.2) is 31.1 Å². The number of hydrogen-bond acceptors (Lipinski definition) is 2. The van der Waals surface area contributed by atoms with Gasteiger partial charge in [-0.25, -0.2) is 12.8 Å². The van der Waals surface area contributed by atoms with E-state index in [4.69, 9.17) is 0 Å². The second kappa shape index (κ2) is 6.26. The minimum atomic E-state index is -3.75. The molecule has 0 fully saturated rings. The molecule has 0 aliphatic carbocycles. The van der Waals surface area contributed by atoms with Gasteiger partial charge in [0, 0.05) is 22.9 Å². The Labute approximate surface area is 117 Å². The van der Waals surface area contributed by atoms with E-state index in [-0.39, 0.29) is 4.90 Å².